The molecule has 2 aromatic carbocycles. The van der Waals surface area contributed by atoms with Crippen molar-refractivity contribution >= 4 is 28.3 Å². The topological polar surface area (TPSA) is 95.0 Å². The van der Waals surface area contributed by atoms with Gasteiger partial charge in [0.05, 0.1) is 29.6 Å². The Bertz CT molecular complexity index is 1280. The number of amides is 2. The number of carbonyl (C=O) groups excluding carboxylic acids is 1. The first kappa shape index (κ1) is 22.4. The third-order valence-electron chi connectivity index (χ3n) is 4.92. The van der Waals surface area contributed by atoms with E-state index in [1.54, 1.807) is 30.9 Å². The Morgan fingerprint density at radius 3 is 2.48 bits per heavy atom. The SMILES string of the molecule is CC(C)(O)Cn1cc(-c2ccc3[nH]cc(NC(=O)Nc4ccc(C(F)(F)F)cc4)c3c2)cn1. The Balaban J connectivity index is 1.50. The molecular weight excluding hydrogens is 435 g/mol. The molecule has 0 atom stereocenters. The zero-order valence-corrected chi connectivity index (χ0v) is 17.9. The summed E-state index contributed by atoms with van der Waals surface area (Å²) in [6.45, 7) is 3.75. The van der Waals surface area contributed by atoms with Gasteiger partial charge in [0.2, 0.25) is 0 Å². The normalized spacial score (nSPS) is 12.2. The number of rotatable bonds is 5. The fourth-order valence-electron chi connectivity index (χ4n) is 3.43. The second-order valence-corrected chi connectivity index (χ2v) is 8.36. The summed E-state index contributed by atoms with van der Waals surface area (Å²) in [4.78, 5) is 15.5. The molecule has 0 unspecified atom stereocenters. The van der Waals surface area contributed by atoms with Crippen LogP contribution in [0.4, 0.5) is 29.3 Å². The van der Waals surface area contributed by atoms with Crippen molar-refractivity contribution in [3.05, 3.63) is 66.6 Å². The van der Waals surface area contributed by atoms with Crippen LogP contribution in [0.3, 0.4) is 0 Å². The number of hydrogen-bond donors (Lipinski definition) is 4. The monoisotopic (exact) mass is 457 g/mol. The maximum absolute atomic E-state index is 12.7. The number of nitrogens with zero attached hydrogens (tertiary/aromatic N) is 2. The summed E-state index contributed by atoms with van der Waals surface area (Å²) in [6, 6.07) is 9.30. The van der Waals surface area contributed by atoms with E-state index in [2.05, 4.69) is 20.7 Å². The fourth-order valence-corrected chi connectivity index (χ4v) is 3.43. The van der Waals surface area contributed by atoms with Gasteiger partial charge in [-0.1, -0.05) is 6.07 Å². The lowest BCUT2D eigenvalue weighted by Gasteiger charge is -2.16. The summed E-state index contributed by atoms with van der Waals surface area (Å²) >= 11 is 0. The molecular formula is C23H22F3N5O2. The maximum Gasteiger partial charge on any atom is 0.416 e. The molecule has 33 heavy (non-hydrogen) atoms. The highest BCUT2D eigenvalue weighted by molar-refractivity contribution is 6.06. The number of urea groups is 1. The highest BCUT2D eigenvalue weighted by Gasteiger charge is 2.30. The van der Waals surface area contributed by atoms with Crippen LogP contribution in [0.2, 0.25) is 0 Å². The molecule has 0 saturated carbocycles. The summed E-state index contributed by atoms with van der Waals surface area (Å²) in [5, 5.41) is 20.3. The average molecular weight is 457 g/mol. The Labute approximate surface area is 187 Å². The van der Waals surface area contributed by atoms with E-state index in [9.17, 15) is 23.1 Å². The Morgan fingerprint density at radius 1 is 1.09 bits per heavy atom. The van der Waals surface area contributed by atoms with E-state index >= 15 is 0 Å². The van der Waals surface area contributed by atoms with E-state index < -0.39 is 23.4 Å². The summed E-state index contributed by atoms with van der Waals surface area (Å²) in [7, 11) is 0. The van der Waals surface area contributed by atoms with Crippen LogP contribution in [0.25, 0.3) is 22.0 Å². The number of fused-ring (bicyclic) bond motifs is 1. The predicted molar refractivity (Wildman–Crippen MR) is 120 cm³/mol. The molecule has 0 bridgehead atoms. The minimum atomic E-state index is -4.44. The quantitative estimate of drug-likeness (QED) is 0.320. The largest absolute Gasteiger partial charge is 0.416 e. The van der Waals surface area contributed by atoms with Crippen molar-refractivity contribution in [1.29, 1.82) is 0 Å². The number of alkyl halides is 3. The molecule has 7 nitrogen and oxygen atoms in total. The van der Waals surface area contributed by atoms with E-state index in [0.29, 0.717) is 12.2 Å². The second kappa shape index (κ2) is 8.28. The van der Waals surface area contributed by atoms with Gasteiger partial charge in [-0.3, -0.25) is 4.68 Å². The van der Waals surface area contributed by atoms with E-state index in [1.807, 2.05) is 24.4 Å². The van der Waals surface area contributed by atoms with E-state index in [1.165, 1.54) is 12.1 Å². The average Bonchev–Trinajstić information content (AvgIpc) is 3.33. The summed E-state index contributed by atoms with van der Waals surface area (Å²) in [6.07, 6.45) is 0.728. The van der Waals surface area contributed by atoms with Crippen molar-refractivity contribution in [3.8, 4) is 11.1 Å². The van der Waals surface area contributed by atoms with Crippen LogP contribution >= 0.6 is 0 Å². The lowest BCUT2D eigenvalue weighted by Crippen LogP contribution is -2.26. The van der Waals surface area contributed by atoms with Crippen LogP contribution in [0.5, 0.6) is 0 Å². The molecule has 2 aromatic heterocycles. The zero-order chi connectivity index (χ0) is 23.8. The first-order chi connectivity index (χ1) is 15.5. The molecule has 0 fully saturated rings. The standard InChI is InChI=1S/C23H22F3N5O2/c1-22(2,33)13-31-12-15(10-28-31)14-3-8-19-18(9-14)20(11-27-19)30-21(32)29-17-6-4-16(5-7-17)23(24,25)26/h3-12,27,33H,13H2,1-2H3,(H2,29,30,32). The number of halogens is 3. The number of H-pyrrole nitrogens is 1. The minimum Gasteiger partial charge on any atom is -0.389 e. The highest BCUT2D eigenvalue weighted by atomic mass is 19.4. The molecule has 0 aliphatic carbocycles. The molecule has 2 amide bonds. The van der Waals surface area contributed by atoms with Crippen LogP contribution in [0, 0.1) is 0 Å². The first-order valence-corrected chi connectivity index (χ1v) is 10.1. The number of aromatic amines is 1. The third-order valence-corrected chi connectivity index (χ3v) is 4.92. The van der Waals surface area contributed by atoms with Crippen LogP contribution < -0.4 is 10.6 Å². The van der Waals surface area contributed by atoms with E-state index in [4.69, 9.17) is 0 Å². The molecule has 0 spiro atoms. The number of benzene rings is 2. The number of carbonyl (C=O) groups is 1. The molecule has 172 valence electrons. The number of anilines is 2. The van der Waals surface area contributed by atoms with E-state index in [0.717, 1.165) is 34.2 Å². The number of hydrogen-bond acceptors (Lipinski definition) is 3. The molecule has 0 saturated heterocycles. The lowest BCUT2D eigenvalue weighted by atomic mass is 10.1. The highest BCUT2D eigenvalue weighted by Crippen LogP contribution is 2.31. The lowest BCUT2D eigenvalue weighted by molar-refractivity contribution is -0.137. The third kappa shape index (κ3) is 5.35. The fraction of sp³-hybridized carbons (Fsp3) is 0.217. The van der Waals surface area contributed by atoms with Crippen molar-refractivity contribution in [2.45, 2.75) is 32.2 Å². The van der Waals surface area contributed by atoms with Crippen molar-refractivity contribution < 1.29 is 23.1 Å². The van der Waals surface area contributed by atoms with Gasteiger partial charge in [0, 0.05) is 34.5 Å². The van der Waals surface area contributed by atoms with Gasteiger partial charge < -0.3 is 20.7 Å². The molecule has 10 heteroatoms. The van der Waals surface area contributed by atoms with Gasteiger partial charge in [-0.25, -0.2) is 4.79 Å². The number of nitrogens with one attached hydrogen (secondary N) is 3. The van der Waals surface area contributed by atoms with Crippen LogP contribution in [0.1, 0.15) is 19.4 Å². The van der Waals surface area contributed by atoms with Gasteiger partial charge in [-0.2, -0.15) is 18.3 Å². The van der Waals surface area contributed by atoms with Gasteiger partial charge >= 0.3 is 12.2 Å². The van der Waals surface area contributed by atoms with Gasteiger partial charge in [-0.15, -0.1) is 0 Å². The Morgan fingerprint density at radius 2 is 1.82 bits per heavy atom. The molecule has 0 radical (unpaired) electrons. The summed E-state index contributed by atoms with van der Waals surface area (Å²) < 4.78 is 39.7. The van der Waals surface area contributed by atoms with Gasteiger partial charge in [0.25, 0.3) is 0 Å². The number of aliphatic hydroxyl groups is 1. The van der Waals surface area contributed by atoms with Crippen molar-refractivity contribution in [2.75, 3.05) is 10.6 Å². The first-order valence-electron chi connectivity index (χ1n) is 10.1. The molecule has 0 aliphatic heterocycles. The van der Waals surface area contributed by atoms with E-state index in [-0.39, 0.29) is 5.69 Å². The maximum atomic E-state index is 12.7. The number of aromatic nitrogens is 3. The van der Waals surface area contributed by atoms with Crippen LogP contribution in [-0.4, -0.2) is 31.5 Å². The smallest absolute Gasteiger partial charge is 0.389 e. The van der Waals surface area contributed by atoms with Crippen molar-refractivity contribution in [2.24, 2.45) is 0 Å². The minimum absolute atomic E-state index is 0.236. The molecule has 4 rings (SSSR count). The van der Waals surface area contributed by atoms with Crippen LogP contribution in [-0.2, 0) is 12.7 Å². The Hall–Kier alpha value is -3.79. The van der Waals surface area contributed by atoms with Gasteiger partial charge in [0.1, 0.15) is 0 Å². The molecule has 0 aliphatic rings. The second-order valence-electron chi connectivity index (χ2n) is 8.36. The van der Waals surface area contributed by atoms with Gasteiger partial charge in [0.15, 0.2) is 0 Å². The zero-order valence-electron chi connectivity index (χ0n) is 17.9. The van der Waals surface area contributed by atoms with Gasteiger partial charge in [-0.05, 0) is 55.8 Å². The summed E-state index contributed by atoms with van der Waals surface area (Å²) in [5.74, 6) is 0. The van der Waals surface area contributed by atoms with Crippen LogP contribution in [0.15, 0.2) is 61.1 Å². The predicted octanol–water partition coefficient (Wildman–Crippen LogP) is 5.47. The molecule has 4 aromatic rings. The van der Waals surface area contributed by atoms with Crippen molar-refractivity contribution in [3.63, 3.8) is 0 Å². The molecule has 2 heterocycles. The van der Waals surface area contributed by atoms with Crippen molar-refractivity contribution in [1.82, 2.24) is 14.8 Å². The molecule has 4 N–H and O–H groups in total. The Kier molecular flexibility index (Phi) is 5.62. The summed E-state index contributed by atoms with van der Waals surface area (Å²) in [5.41, 5.74) is 1.58.